The summed E-state index contributed by atoms with van der Waals surface area (Å²) in [5.41, 5.74) is 0.782. The largest absolute Gasteiger partial charge is 0.325 e. The monoisotopic (exact) mass is 294 g/mol. The van der Waals surface area contributed by atoms with Crippen molar-refractivity contribution in [3.63, 3.8) is 0 Å². The molecule has 1 fully saturated rings. The third kappa shape index (κ3) is 4.22. The van der Waals surface area contributed by atoms with Gasteiger partial charge in [0.05, 0.1) is 6.04 Å². The van der Waals surface area contributed by atoms with Gasteiger partial charge in [-0.05, 0) is 49.9 Å². The van der Waals surface area contributed by atoms with E-state index in [1.807, 2.05) is 19.1 Å². The highest BCUT2D eigenvalue weighted by Gasteiger charge is 2.24. The van der Waals surface area contributed by atoms with Gasteiger partial charge in [-0.2, -0.15) is 0 Å². The van der Waals surface area contributed by atoms with Crippen LogP contribution in [0.1, 0.15) is 39.5 Å². The number of rotatable bonds is 4. The smallest absolute Gasteiger partial charge is 0.241 e. The molecular weight excluding hydrogens is 272 g/mol. The van der Waals surface area contributed by atoms with Crippen LogP contribution < -0.4 is 10.6 Å². The molecule has 1 aromatic rings. The van der Waals surface area contributed by atoms with Crippen molar-refractivity contribution in [2.45, 2.75) is 51.6 Å². The number of halogens is 1. The second-order valence-electron chi connectivity index (χ2n) is 5.75. The summed E-state index contributed by atoms with van der Waals surface area (Å²) < 4.78 is 0. The first-order valence-corrected chi connectivity index (χ1v) is 7.76. The van der Waals surface area contributed by atoms with Gasteiger partial charge in [0.25, 0.3) is 0 Å². The van der Waals surface area contributed by atoms with Crippen LogP contribution in [0.4, 0.5) is 5.69 Å². The summed E-state index contributed by atoms with van der Waals surface area (Å²) in [5.74, 6) is 0.652. The predicted octanol–water partition coefficient (Wildman–Crippen LogP) is 3.84. The first-order valence-electron chi connectivity index (χ1n) is 7.39. The molecule has 1 aliphatic rings. The van der Waals surface area contributed by atoms with Crippen molar-refractivity contribution in [1.29, 1.82) is 0 Å². The normalized spacial score (nSPS) is 24.1. The Labute approximate surface area is 126 Å². The molecule has 1 saturated carbocycles. The van der Waals surface area contributed by atoms with Gasteiger partial charge in [0.2, 0.25) is 5.91 Å². The van der Waals surface area contributed by atoms with Gasteiger partial charge in [-0.15, -0.1) is 0 Å². The zero-order valence-corrected chi connectivity index (χ0v) is 12.9. The Balaban J connectivity index is 1.86. The highest BCUT2D eigenvalue weighted by molar-refractivity contribution is 6.30. The number of amides is 1. The van der Waals surface area contributed by atoms with Crippen molar-refractivity contribution in [2.75, 3.05) is 5.32 Å². The van der Waals surface area contributed by atoms with E-state index in [0.29, 0.717) is 17.0 Å². The molecule has 3 atom stereocenters. The van der Waals surface area contributed by atoms with Crippen molar-refractivity contribution in [3.05, 3.63) is 29.3 Å². The Morgan fingerprint density at radius 3 is 2.55 bits per heavy atom. The standard InChI is InChI=1S/C16H23ClN2O/c1-11-5-3-4-6-15(11)18-12(2)16(20)19-14-9-7-13(17)8-10-14/h7-12,15,18H,3-6H2,1-2H3,(H,19,20)/t11-,12-,15+/m0/s1. The maximum Gasteiger partial charge on any atom is 0.241 e. The fraction of sp³-hybridized carbons (Fsp3) is 0.562. The van der Waals surface area contributed by atoms with Gasteiger partial charge < -0.3 is 10.6 Å². The van der Waals surface area contributed by atoms with Crippen LogP contribution in [-0.2, 0) is 4.79 Å². The minimum Gasteiger partial charge on any atom is -0.325 e. The van der Waals surface area contributed by atoms with Crippen LogP contribution in [0.15, 0.2) is 24.3 Å². The molecule has 0 radical (unpaired) electrons. The van der Waals surface area contributed by atoms with E-state index in [1.54, 1.807) is 12.1 Å². The zero-order valence-electron chi connectivity index (χ0n) is 12.2. The lowest BCUT2D eigenvalue weighted by Gasteiger charge is -2.31. The van der Waals surface area contributed by atoms with Crippen LogP contribution in [0, 0.1) is 5.92 Å². The Morgan fingerprint density at radius 1 is 1.25 bits per heavy atom. The van der Waals surface area contributed by atoms with E-state index < -0.39 is 0 Å². The fourth-order valence-corrected chi connectivity index (χ4v) is 2.87. The van der Waals surface area contributed by atoms with Crippen LogP contribution in [-0.4, -0.2) is 18.0 Å². The molecule has 1 aliphatic carbocycles. The average molecular weight is 295 g/mol. The number of hydrogen-bond acceptors (Lipinski definition) is 2. The third-order valence-corrected chi connectivity index (χ3v) is 4.33. The van der Waals surface area contributed by atoms with Gasteiger partial charge in [0, 0.05) is 16.8 Å². The molecule has 2 N–H and O–H groups in total. The number of carbonyl (C=O) groups is 1. The second kappa shape index (κ2) is 7.09. The summed E-state index contributed by atoms with van der Waals surface area (Å²) in [4.78, 5) is 12.2. The Hall–Kier alpha value is -1.06. The molecule has 110 valence electrons. The minimum atomic E-state index is -0.184. The van der Waals surface area contributed by atoms with E-state index in [1.165, 1.54) is 25.7 Å². The lowest BCUT2D eigenvalue weighted by atomic mass is 9.85. The number of benzene rings is 1. The molecule has 4 heteroatoms. The fourth-order valence-electron chi connectivity index (χ4n) is 2.74. The summed E-state index contributed by atoms with van der Waals surface area (Å²) in [6, 6.07) is 7.45. The van der Waals surface area contributed by atoms with Crippen LogP contribution in [0.5, 0.6) is 0 Å². The van der Waals surface area contributed by atoms with Crippen molar-refractivity contribution < 1.29 is 4.79 Å². The van der Waals surface area contributed by atoms with Crippen LogP contribution in [0.25, 0.3) is 0 Å². The van der Waals surface area contributed by atoms with Gasteiger partial charge >= 0.3 is 0 Å². The SMILES string of the molecule is C[C@H](N[C@@H]1CCCC[C@@H]1C)C(=O)Nc1ccc(Cl)cc1. The predicted molar refractivity (Wildman–Crippen MR) is 84.1 cm³/mol. The summed E-state index contributed by atoms with van der Waals surface area (Å²) in [7, 11) is 0. The topological polar surface area (TPSA) is 41.1 Å². The Morgan fingerprint density at radius 2 is 1.90 bits per heavy atom. The Bertz CT molecular complexity index is 446. The van der Waals surface area contributed by atoms with Crippen molar-refractivity contribution in [3.8, 4) is 0 Å². The van der Waals surface area contributed by atoms with Gasteiger partial charge in [-0.25, -0.2) is 0 Å². The van der Waals surface area contributed by atoms with E-state index in [0.717, 1.165) is 5.69 Å². The maximum atomic E-state index is 12.2. The average Bonchev–Trinajstić information content (AvgIpc) is 2.44. The van der Waals surface area contributed by atoms with E-state index in [9.17, 15) is 4.79 Å². The zero-order chi connectivity index (χ0) is 14.5. The van der Waals surface area contributed by atoms with Crippen molar-refractivity contribution in [1.82, 2.24) is 5.32 Å². The van der Waals surface area contributed by atoms with Gasteiger partial charge in [-0.3, -0.25) is 4.79 Å². The molecule has 2 rings (SSSR count). The molecule has 0 aliphatic heterocycles. The molecular formula is C16H23ClN2O. The minimum absolute atomic E-state index is 0.00472. The third-order valence-electron chi connectivity index (χ3n) is 4.08. The summed E-state index contributed by atoms with van der Waals surface area (Å²) in [6.07, 6.45) is 4.99. The first-order chi connectivity index (χ1) is 9.56. The molecule has 3 nitrogen and oxygen atoms in total. The molecule has 0 aromatic heterocycles. The highest BCUT2D eigenvalue weighted by atomic mass is 35.5. The van der Waals surface area contributed by atoms with Crippen molar-refractivity contribution in [2.24, 2.45) is 5.92 Å². The molecule has 0 spiro atoms. The van der Waals surface area contributed by atoms with Crippen LogP contribution in [0.2, 0.25) is 5.02 Å². The molecule has 20 heavy (non-hydrogen) atoms. The lowest BCUT2D eigenvalue weighted by Crippen LogP contribution is -2.47. The number of hydrogen-bond donors (Lipinski definition) is 2. The first kappa shape index (κ1) is 15.3. The van der Waals surface area contributed by atoms with Gasteiger partial charge in [-0.1, -0.05) is 31.4 Å². The van der Waals surface area contributed by atoms with Gasteiger partial charge in [0.1, 0.15) is 0 Å². The van der Waals surface area contributed by atoms with E-state index in [-0.39, 0.29) is 11.9 Å². The molecule has 0 bridgehead atoms. The van der Waals surface area contributed by atoms with Crippen LogP contribution >= 0.6 is 11.6 Å². The van der Waals surface area contributed by atoms with Crippen LogP contribution in [0.3, 0.4) is 0 Å². The second-order valence-corrected chi connectivity index (χ2v) is 6.19. The van der Waals surface area contributed by atoms with Crippen molar-refractivity contribution >= 4 is 23.2 Å². The summed E-state index contributed by atoms with van der Waals surface area (Å²) in [5, 5.41) is 7.05. The number of anilines is 1. The molecule has 0 unspecified atom stereocenters. The quantitative estimate of drug-likeness (QED) is 0.886. The number of carbonyl (C=O) groups excluding carboxylic acids is 1. The Kier molecular flexibility index (Phi) is 5.44. The molecule has 0 heterocycles. The van der Waals surface area contributed by atoms with E-state index in [4.69, 9.17) is 11.6 Å². The lowest BCUT2D eigenvalue weighted by molar-refractivity contribution is -0.118. The molecule has 0 saturated heterocycles. The van der Waals surface area contributed by atoms with E-state index >= 15 is 0 Å². The maximum absolute atomic E-state index is 12.2. The molecule has 1 aromatic carbocycles. The highest BCUT2D eigenvalue weighted by Crippen LogP contribution is 2.24. The summed E-state index contributed by atoms with van der Waals surface area (Å²) in [6.45, 7) is 4.19. The van der Waals surface area contributed by atoms with Gasteiger partial charge in [0.15, 0.2) is 0 Å². The van der Waals surface area contributed by atoms with E-state index in [2.05, 4.69) is 17.6 Å². The summed E-state index contributed by atoms with van der Waals surface area (Å²) >= 11 is 5.83. The number of nitrogens with one attached hydrogen (secondary N) is 2. The molecule has 1 amide bonds.